The molecule has 2 aromatic rings. The zero-order chi connectivity index (χ0) is 17.2. The van der Waals surface area contributed by atoms with Gasteiger partial charge in [0.15, 0.2) is 5.69 Å². The van der Waals surface area contributed by atoms with Crippen LogP contribution < -0.4 is 5.32 Å². The normalized spacial score (nSPS) is 11.7. The maximum atomic E-state index is 12.7. The van der Waals surface area contributed by atoms with Crippen LogP contribution in [0.25, 0.3) is 0 Å². The zero-order valence-corrected chi connectivity index (χ0v) is 13.1. The molecule has 7 nitrogen and oxygen atoms in total. The maximum absolute atomic E-state index is 12.7. The van der Waals surface area contributed by atoms with Crippen molar-refractivity contribution < 1.29 is 18.0 Å². The van der Waals surface area contributed by atoms with Crippen molar-refractivity contribution in [2.75, 3.05) is 6.54 Å². The molecule has 1 amide bonds. The Balaban J connectivity index is 2.06. The summed E-state index contributed by atoms with van der Waals surface area (Å²) in [5.41, 5.74) is -1.62. The van der Waals surface area contributed by atoms with E-state index in [4.69, 9.17) is 11.6 Å². The molecule has 0 radical (unpaired) electrons. The summed E-state index contributed by atoms with van der Waals surface area (Å²) in [6, 6.07) is 0. The van der Waals surface area contributed by atoms with Crippen LogP contribution in [0.5, 0.6) is 0 Å². The molecule has 0 bridgehead atoms. The number of nitrogens with zero attached hydrogens (tertiary/aromatic N) is 5. The molecule has 11 heteroatoms. The van der Waals surface area contributed by atoms with Crippen molar-refractivity contribution in [2.45, 2.75) is 26.1 Å². The van der Waals surface area contributed by atoms with Gasteiger partial charge in [0, 0.05) is 26.6 Å². The van der Waals surface area contributed by atoms with Gasteiger partial charge < -0.3 is 9.88 Å². The van der Waals surface area contributed by atoms with Gasteiger partial charge in [-0.05, 0) is 6.92 Å². The molecule has 2 aromatic heterocycles. The molecule has 0 spiro atoms. The molecule has 0 aliphatic heterocycles. The number of nitrogens with one attached hydrogen (secondary N) is 1. The van der Waals surface area contributed by atoms with Crippen molar-refractivity contribution in [1.29, 1.82) is 0 Å². The van der Waals surface area contributed by atoms with E-state index < -0.39 is 22.8 Å². The first kappa shape index (κ1) is 17.3. The van der Waals surface area contributed by atoms with Gasteiger partial charge in [0.05, 0.1) is 0 Å². The van der Waals surface area contributed by atoms with Crippen molar-refractivity contribution in [1.82, 2.24) is 29.9 Å². The van der Waals surface area contributed by atoms with Crippen LogP contribution in [0.2, 0.25) is 5.02 Å². The Morgan fingerprint density at radius 1 is 1.43 bits per heavy atom. The highest BCUT2D eigenvalue weighted by molar-refractivity contribution is 6.34. The average Bonchev–Trinajstić information content (AvgIpc) is 3.02. The number of alkyl halides is 3. The molecule has 2 rings (SSSR count). The van der Waals surface area contributed by atoms with Gasteiger partial charge in [-0.2, -0.15) is 18.3 Å². The number of halogens is 4. The van der Waals surface area contributed by atoms with Gasteiger partial charge in [-0.15, -0.1) is 10.2 Å². The summed E-state index contributed by atoms with van der Waals surface area (Å²) < 4.78 is 40.8. The van der Waals surface area contributed by atoms with Gasteiger partial charge in [-0.3, -0.25) is 9.48 Å². The Morgan fingerprint density at radius 2 is 2.13 bits per heavy atom. The third kappa shape index (κ3) is 3.63. The first-order chi connectivity index (χ1) is 10.8. The Morgan fingerprint density at radius 3 is 2.70 bits per heavy atom. The maximum Gasteiger partial charge on any atom is 0.436 e. The number of hydrogen-bond donors (Lipinski definition) is 1. The van der Waals surface area contributed by atoms with E-state index in [1.54, 1.807) is 10.9 Å². The molecule has 0 aliphatic rings. The number of aromatic nitrogens is 5. The van der Waals surface area contributed by atoms with Crippen LogP contribution in [0.4, 0.5) is 13.2 Å². The van der Waals surface area contributed by atoms with Crippen molar-refractivity contribution in [3.63, 3.8) is 0 Å². The number of carbonyl (C=O) groups excluding carboxylic acids is 1. The summed E-state index contributed by atoms with van der Waals surface area (Å²) >= 11 is 5.64. The van der Waals surface area contributed by atoms with E-state index in [2.05, 4.69) is 20.6 Å². The van der Waals surface area contributed by atoms with Gasteiger partial charge >= 0.3 is 6.18 Å². The minimum Gasteiger partial charge on any atom is -0.350 e. The van der Waals surface area contributed by atoms with Gasteiger partial charge in [-0.25, -0.2) is 0 Å². The molecule has 0 saturated carbocycles. The molecule has 0 saturated heterocycles. The molecule has 126 valence electrons. The van der Waals surface area contributed by atoms with Crippen LogP contribution >= 0.6 is 11.6 Å². The molecule has 1 N–H and O–H groups in total. The van der Waals surface area contributed by atoms with Gasteiger partial charge in [0.1, 0.15) is 22.9 Å². The number of aryl methyl sites for hydroxylation is 2. The number of hydrogen-bond acceptors (Lipinski definition) is 4. The molecule has 0 unspecified atom stereocenters. The molecule has 23 heavy (non-hydrogen) atoms. The van der Waals surface area contributed by atoms with Crippen LogP contribution in [0.15, 0.2) is 6.33 Å². The lowest BCUT2D eigenvalue weighted by Gasteiger charge is -2.06. The smallest absolute Gasteiger partial charge is 0.350 e. The summed E-state index contributed by atoms with van der Waals surface area (Å²) in [5.74, 6) is -0.0667. The second-order valence-electron chi connectivity index (χ2n) is 4.67. The number of carbonyl (C=O) groups is 1. The first-order valence-electron chi connectivity index (χ1n) is 6.70. The monoisotopic (exact) mass is 350 g/mol. The van der Waals surface area contributed by atoms with E-state index in [1.807, 2.05) is 6.92 Å². The average molecular weight is 351 g/mol. The van der Waals surface area contributed by atoms with Crippen molar-refractivity contribution in [3.05, 3.63) is 28.6 Å². The standard InChI is InChI=1S/C12H14ClF3N6O/c1-3-22-6-18-19-7(22)4-5-17-11(23)9-8(13)10(12(14,15)16)20-21(9)2/h6H,3-5H2,1-2H3,(H,17,23). The second-order valence-corrected chi connectivity index (χ2v) is 5.05. The molecule has 0 fully saturated rings. The Bertz CT molecular complexity index is 708. The topological polar surface area (TPSA) is 77.6 Å². The van der Waals surface area contributed by atoms with Crippen molar-refractivity contribution in [2.24, 2.45) is 7.05 Å². The quantitative estimate of drug-likeness (QED) is 0.890. The summed E-state index contributed by atoms with van der Waals surface area (Å²) in [7, 11) is 1.23. The molecule has 0 aromatic carbocycles. The highest BCUT2D eigenvalue weighted by Gasteiger charge is 2.39. The van der Waals surface area contributed by atoms with Crippen molar-refractivity contribution in [3.8, 4) is 0 Å². The lowest BCUT2D eigenvalue weighted by Crippen LogP contribution is -2.28. The van der Waals surface area contributed by atoms with Crippen LogP contribution in [0.1, 0.15) is 28.9 Å². The van der Waals surface area contributed by atoms with Gasteiger partial charge in [-0.1, -0.05) is 11.6 Å². The Labute approximate surface area is 134 Å². The fourth-order valence-electron chi connectivity index (χ4n) is 2.03. The minimum absolute atomic E-state index is 0.181. The van der Waals surface area contributed by atoms with Crippen LogP contribution in [-0.4, -0.2) is 37.0 Å². The summed E-state index contributed by atoms with van der Waals surface area (Å²) in [6.07, 6.45) is -2.77. The molecule has 0 atom stereocenters. The first-order valence-corrected chi connectivity index (χ1v) is 7.08. The van der Waals surface area contributed by atoms with E-state index in [0.29, 0.717) is 18.8 Å². The highest BCUT2D eigenvalue weighted by atomic mass is 35.5. The zero-order valence-electron chi connectivity index (χ0n) is 12.4. The lowest BCUT2D eigenvalue weighted by atomic mass is 10.3. The fourth-order valence-corrected chi connectivity index (χ4v) is 2.39. The van der Waals surface area contributed by atoms with Gasteiger partial charge in [0.25, 0.3) is 5.91 Å². The molecule has 2 heterocycles. The van der Waals surface area contributed by atoms with E-state index in [0.717, 1.165) is 4.68 Å². The summed E-state index contributed by atoms with van der Waals surface area (Å²) in [6.45, 7) is 2.78. The van der Waals surface area contributed by atoms with E-state index in [9.17, 15) is 18.0 Å². The SMILES string of the molecule is CCn1cnnc1CCNC(=O)c1c(Cl)c(C(F)(F)F)nn1C. The lowest BCUT2D eigenvalue weighted by molar-refractivity contribution is -0.141. The summed E-state index contributed by atoms with van der Waals surface area (Å²) in [5, 5.41) is 12.7. The number of rotatable bonds is 5. The number of amides is 1. The predicted octanol–water partition coefficient (Wildman–Crippen LogP) is 1.68. The van der Waals surface area contributed by atoms with Crippen LogP contribution in [-0.2, 0) is 26.2 Å². The largest absolute Gasteiger partial charge is 0.436 e. The van der Waals surface area contributed by atoms with Gasteiger partial charge in [0.2, 0.25) is 0 Å². The van der Waals surface area contributed by atoms with Crippen LogP contribution in [0.3, 0.4) is 0 Å². The second kappa shape index (κ2) is 6.57. The van der Waals surface area contributed by atoms with E-state index in [-0.39, 0.29) is 12.2 Å². The summed E-state index contributed by atoms with van der Waals surface area (Å²) in [4.78, 5) is 12.0. The van der Waals surface area contributed by atoms with Crippen molar-refractivity contribution >= 4 is 17.5 Å². The third-order valence-corrected chi connectivity index (χ3v) is 3.50. The highest BCUT2D eigenvalue weighted by Crippen LogP contribution is 2.35. The third-order valence-electron chi connectivity index (χ3n) is 3.14. The van der Waals surface area contributed by atoms with E-state index in [1.165, 1.54) is 7.05 Å². The molecular weight excluding hydrogens is 337 g/mol. The molecular formula is C12H14ClF3N6O. The van der Waals surface area contributed by atoms with Crippen LogP contribution in [0, 0.1) is 0 Å². The Kier molecular flexibility index (Phi) is 4.93. The van der Waals surface area contributed by atoms with E-state index >= 15 is 0 Å². The molecule has 0 aliphatic carbocycles. The fraction of sp³-hybridized carbons (Fsp3) is 0.500. The Hall–Kier alpha value is -2.10. The minimum atomic E-state index is -4.72. The predicted molar refractivity (Wildman–Crippen MR) is 75.0 cm³/mol.